The zero-order valence-electron chi connectivity index (χ0n) is 14.1. The Morgan fingerprint density at radius 3 is 2.57 bits per heavy atom. The van der Waals surface area contributed by atoms with Gasteiger partial charge in [0.05, 0.1) is 11.1 Å². The van der Waals surface area contributed by atoms with E-state index < -0.39 is 23.8 Å². The SMILES string of the molecule is OC(CNc1cc(C(F)(F)F)nc(-c2cccnc2)n1)c1ccc(Cl)c(F)c1. The number of aliphatic hydroxyl groups is 1. The lowest BCUT2D eigenvalue weighted by molar-refractivity contribution is -0.141. The van der Waals surface area contributed by atoms with Crippen molar-refractivity contribution in [3.8, 4) is 11.4 Å². The monoisotopic (exact) mass is 412 g/mol. The van der Waals surface area contributed by atoms with Gasteiger partial charge in [0.2, 0.25) is 0 Å². The average molecular weight is 413 g/mol. The molecule has 0 spiro atoms. The molecule has 2 aromatic heterocycles. The van der Waals surface area contributed by atoms with Crippen LogP contribution in [0.5, 0.6) is 0 Å². The van der Waals surface area contributed by atoms with E-state index in [1.807, 2.05) is 0 Å². The van der Waals surface area contributed by atoms with Crippen molar-refractivity contribution in [2.75, 3.05) is 11.9 Å². The summed E-state index contributed by atoms with van der Waals surface area (Å²) in [6.45, 7) is -0.206. The summed E-state index contributed by atoms with van der Waals surface area (Å²) < 4.78 is 53.0. The number of aromatic nitrogens is 3. The van der Waals surface area contributed by atoms with E-state index in [1.54, 1.807) is 6.07 Å². The van der Waals surface area contributed by atoms with Gasteiger partial charge in [0, 0.05) is 30.6 Å². The second-order valence-corrected chi connectivity index (χ2v) is 6.18. The average Bonchev–Trinajstić information content (AvgIpc) is 2.68. The number of nitrogens with one attached hydrogen (secondary N) is 1. The molecule has 0 aliphatic rings. The van der Waals surface area contributed by atoms with Gasteiger partial charge in [0.1, 0.15) is 11.6 Å². The van der Waals surface area contributed by atoms with E-state index in [1.165, 1.54) is 30.6 Å². The summed E-state index contributed by atoms with van der Waals surface area (Å²) in [5.41, 5.74) is -0.625. The number of anilines is 1. The van der Waals surface area contributed by atoms with Gasteiger partial charge in [-0.2, -0.15) is 13.2 Å². The lowest BCUT2D eigenvalue weighted by Crippen LogP contribution is -2.16. The predicted octanol–water partition coefficient (Wildman–Crippen LogP) is 4.50. The summed E-state index contributed by atoms with van der Waals surface area (Å²) in [6, 6.07) is 7.55. The molecule has 2 heterocycles. The van der Waals surface area contributed by atoms with Gasteiger partial charge in [0.15, 0.2) is 11.5 Å². The molecule has 0 bridgehead atoms. The van der Waals surface area contributed by atoms with Crippen molar-refractivity contribution in [3.05, 3.63) is 70.9 Å². The Morgan fingerprint density at radius 1 is 1.14 bits per heavy atom. The highest BCUT2D eigenvalue weighted by atomic mass is 35.5. The molecule has 1 unspecified atom stereocenters. The Hall–Kier alpha value is -2.78. The van der Waals surface area contributed by atoms with Crippen molar-refractivity contribution >= 4 is 17.4 Å². The summed E-state index contributed by atoms with van der Waals surface area (Å²) in [6.07, 6.45) is -3.07. The van der Waals surface area contributed by atoms with E-state index in [4.69, 9.17) is 11.6 Å². The van der Waals surface area contributed by atoms with Crippen molar-refractivity contribution in [1.29, 1.82) is 0 Å². The Kier molecular flexibility index (Phi) is 5.76. The Morgan fingerprint density at radius 2 is 1.93 bits per heavy atom. The highest BCUT2D eigenvalue weighted by Crippen LogP contribution is 2.31. The molecule has 146 valence electrons. The topological polar surface area (TPSA) is 70.9 Å². The lowest BCUT2D eigenvalue weighted by atomic mass is 10.1. The first-order valence-corrected chi connectivity index (χ1v) is 8.35. The Labute approximate surface area is 162 Å². The third-order valence-corrected chi connectivity index (χ3v) is 4.05. The number of hydrogen-bond donors (Lipinski definition) is 2. The number of aliphatic hydroxyl groups excluding tert-OH is 1. The molecule has 0 aliphatic carbocycles. The van der Waals surface area contributed by atoms with Crippen molar-refractivity contribution in [2.24, 2.45) is 0 Å². The number of benzene rings is 1. The molecule has 10 heteroatoms. The quantitative estimate of drug-likeness (QED) is 0.604. The molecule has 28 heavy (non-hydrogen) atoms. The van der Waals surface area contributed by atoms with Crippen molar-refractivity contribution in [2.45, 2.75) is 12.3 Å². The van der Waals surface area contributed by atoms with Gasteiger partial charge in [0.25, 0.3) is 0 Å². The zero-order chi connectivity index (χ0) is 20.3. The van der Waals surface area contributed by atoms with E-state index in [-0.39, 0.29) is 28.8 Å². The minimum atomic E-state index is -4.69. The molecule has 0 radical (unpaired) electrons. The fraction of sp³-hybridized carbons (Fsp3) is 0.167. The van der Waals surface area contributed by atoms with Crippen LogP contribution in [0.4, 0.5) is 23.4 Å². The maximum atomic E-state index is 13.5. The lowest BCUT2D eigenvalue weighted by Gasteiger charge is -2.15. The van der Waals surface area contributed by atoms with Gasteiger partial charge in [-0.3, -0.25) is 4.98 Å². The molecule has 2 N–H and O–H groups in total. The van der Waals surface area contributed by atoms with Crippen molar-refractivity contribution < 1.29 is 22.7 Å². The molecule has 0 aliphatic heterocycles. The summed E-state index contributed by atoms with van der Waals surface area (Å²) in [5, 5.41) is 12.7. The van der Waals surface area contributed by atoms with Crippen LogP contribution >= 0.6 is 11.6 Å². The van der Waals surface area contributed by atoms with Crippen LogP contribution in [-0.4, -0.2) is 26.6 Å². The van der Waals surface area contributed by atoms with Crippen LogP contribution in [0.2, 0.25) is 5.02 Å². The Balaban J connectivity index is 1.85. The zero-order valence-corrected chi connectivity index (χ0v) is 14.8. The molecule has 3 aromatic rings. The third-order valence-electron chi connectivity index (χ3n) is 3.74. The Bertz CT molecular complexity index is 970. The highest BCUT2D eigenvalue weighted by Gasteiger charge is 2.34. The van der Waals surface area contributed by atoms with E-state index in [0.29, 0.717) is 5.56 Å². The van der Waals surface area contributed by atoms with Gasteiger partial charge >= 0.3 is 6.18 Å². The molecule has 0 saturated carbocycles. The van der Waals surface area contributed by atoms with Crippen LogP contribution in [0.3, 0.4) is 0 Å². The number of halogens is 5. The summed E-state index contributed by atoms with van der Waals surface area (Å²) in [5.74, 6) is -1.02. The molecule has 0 saturated heterocycles. The van der Waals surface area contributed by atoms with Gasteiger partial charge in [-0.05, 0) is 29.8 Å². The summed E-state index contributed by atoms with van der Waals surface area (Å²) in [7, 11) is 0. The molecule has 1 atom stereocenters. The minimum absolute atomic E-state index is 0.101. The fourth-order valence-electron chi connectivity index (χ4n) is 2.35. The molecule has 3 rings (SSSR count). The molecule has 5 nitrogen and oxygen atoms in total. The first-order chi connectivity index (χ1) is 13.2. The molecule has 1 aromatic carbocycles. The smallest absolute Gasteiger partial charge is 0.387 e. The maximum absolute atomic E-state index is 13.5. The van der Waals surface area contributed by atoms with Gasteiger partial charge in [-0.15, -0.1) is 0 Å². The number of alkyl halides is 3. The normalized spacial score (nSPS) is 12.6. The number of nitrogens with zero attached hydrogens (tertiary/aromatic N) is 3. The molecular weight excluding hydrogens is 400 g/mol. The van der Waals surface area contributed by atoms with E-state index >= 15 is 0 Å². The first-order valence-electron chi connectivity index (χ1n) is 7.97. The molecule has 0 amide bonds. The van der Waals surface area contributed by atoms with Crippen LogP contribution < -0.4 is 5.32 Å². The van der Waals surface area contributed by atoms with Crippen LogP contribution in [0.1, 0.15) is 17.4 Å². The third kappa shape index (κ3) is 4.73. The largest absolute Gasteiger partial charge is 0.433 e. The van der Waals surface area contributed by atoms with Crippen molar-refractivity contribution in [1.82, 2.24) is 15.0 Å². The van der Waals surface area contributed by atoms with Gasteiger partial charge < -0.3 is 10.4 Å². The van der Waals surface area contributed by atoms with Gasteiger partial charge in [-0.1, -0.05) is 17.7 Å². The number of rotatable bonds is 5. The standard InChI is InChI=1S/C18H13ClF4N4O/c19-12-4-3-10(6-13(12)20)14(28)9-25-16-7-15(18(21,22)23)26-17(27-16)11-2-1-5-24-8-11/h1-8,14,28H,9H2,(H,25,26,27). The van der Waals surface area contributed by atoms with Crippen LogP contribution in [0.25, 0.3) is 11.4 Å². The maximum Gasteiger partial charge on any atom is 0.433 e. The molecular formula is C18H13ClF4N4O. The van der Waals surface area contributed by atoms with E-state index in [2.05, 4.69) is 20.3 Å². The van der Waals surface area contributed by atoms with Crippen LogP contribution in [0.15, 0.2) is 48.8 Å². The van der Waals surface area contributed by atoms with E-state index in [9.17, 15) is 22.7 Å². The predicted molar refractivity (Wildman–Crippen MR) is 95.1 cm³/mol. The highest BCUT2D eigenvalue weighted by molar-refractivity contribution is 6.30. The second-order valence-electron chi connectivity index (χ2n) is 5.77. The fourth-order valence-corrected chi connectivity index (χ4v) is 2.46. The minimum Gasteiger partial charge on any atom is -0.387 e. The second kappa shape index (κ2) is 8.07. The summed E-state index contributed by atoms with van der Waals surface area (Å²) >= 11 is 5.59. The summed E-state index contributed by atoms with van der Waals surface area (Å²) in [4.78, 5) is 11.4. The van der Waals surface area contributed by atoms with E-state index in [0.717, 1.165) is 12.1 Å². The van der Waals surface area contributed by atoms with Crippen LogP contribution in [-0.2, 0) is 6.18 Å². The number of pyridine rings is 1. The van der Waals surface area contributed by atoms with Crippen LogP contribution in [0, 0.1) is 5.82 Å². The van der Waals surface area contributed by atoms with Gasteiger partial charge in [-0.25, -0.2) is 14.4 Å². The van der Waals surface area contributed by atoms with Crippen molar-refractivity contribution in [3.63, 3.8) is 0 Å². The first kappa shape index (κ1) is 20.0. The molecule has 0 fully saturated rings. The number of hydrogen-bond acceptors (Lipinski definition) is 5.